The highest BCUT2D eigenvalue weighted by Gasteiger charge is 2.16. The molecule has 0 fully saturated rings. The third-order valence-electron chi connectivity index (χ3n) is 2.31. The zero-order valence-corrected chi connectivity index (χ0v) is 10.9. The van der Waals surface area contributed by atoms with Crippen LogP contribution in [-0.2, 0) is 14.3 Å². The number of hydrogen-bond acceptors (Lipinski definition) is 4. The Morgan fingerprint density at radius 3 is 2.78 bits per heavy atom. The number of ether oxygens (including phenoxy) is 1. The highest BCUT2D eigenvalue weighted by Crippen LogP contribution is 2.02. The van der Waals surface area contributed by atoms with Crippen molar-refractivity contribution in [1.82, 2.24) is 4.90 Å². The van der Waals surface area contributed by atoms with Gasteiger partial charge in [0.1, 0.15) is 12.6 Å². The van der Waals surface area contributed by atoms with E-state index in [1.165, 1.54) is 4.90 Å². The second kappa shape index (κ2) is 10.3. The van der Waals surface area contributed by atoms with Crippen molar-refractivity contribution >= 4 is 11.9 Å². The largest absolute Gasteiger partial charge is 0.449 e. The lowest BCUT2D eigenvalue weighted by atomic mass is 10.2. The maximum absolute atomic E-state index is 11.8. The Hall–Kier alpha value is -1.83. The van der Waals surface area contributed by atoms with Crippen LogP contribution >= 0.6 is 0 Å². The van der Waals surface area contributed by atoms with Crippen molar-refractivity contribution in [3.8, 4) is 6.07 Å². The fourth-order valence-corrected chi connectivity index (χ4v) is 1.34. The maximum atomic E-state index is 11.8. The number of amides is 1. The molecule has 0 saturated heterocycles. The maximum Gasteiger partial charge on any atom is 0.326 e. The minimum Gasteiger partial charge on any atom is -0.449 e. The highest BCUT2D eigenvalue weighted by molar-refractivity contribution is 5.82. The lowest BCUT2D eigenvalue weighted by Crippen LogP contribution is -2.37. The van der Waals surface area contributed by atoms with E-state index in [-0.39, 0.29) is 19.1 Å². The molecule has 0 radical (unpaired) electrons. The molecule has 0 bridgehead atoms. The Kier molecular flexibility index (Phi) is 9.28. The number of nitrogens with zero attached hydrogens (tertiary/aromatic N) is 2. The summed E-state index contributed by atoms with van der Waals surface area (Å²) in [6.45, 7) is 5.75. The number of rotatable bonds is 9. The van der Waals surface area contributed by atoms with E-state index in [0.29, 0.717) is 19.4 Å². The van der Waals surface area contributed by atoms with Crippen LogP contribution in [0.3, 0.4) is 0 Å². The van der Waals surface area contributed by atoms with Crippen molar-refractivity contribution in [3.05, 3.63) is 12.7 Å². The first-order valence-electron chi connectivity index (χ1n) is 6.06. The Labute approximate surface area is 108 Å². The van der Waals surface area contributed by atoms with Crippen LogP contribution in [0.4, 0.5) is 0 Å². The molecule has 5 heteroatoms. The molecule has 0 N–H and O–H groups in total. The molecule has 0 aromatic heterocycles. The molecule has 0 atom stereocenters. The van der Waals surface area contributed by atoms with Gasteiger partial charge >= 0.3 is 5.97 Å². The first kappa shape index (κ1) is 16.2. The highest BCUT2D eigenvalue weighted by atomic mass is 16.5. The van der Waals surface area contributed by atoms with Gasteiger partial charge in [-0.2, -0.15) is 5.26 Å². The smallest absolute Gasteiger partial charge is 0.326 e. The molecule has 0 saturated carbocycles. The number of nitriles is 1. The molecule has 1 amide bonds. The minimum atomic E-state index is -0.542. The van der Waals surface area contributed by atoms with Crippen molar-refractivity contribution in [1.29, 1.82) is 5.26 Å². The van der Waals surface area contributed by atoms with E-state index in [2.05, 4.69) is 11.3 Å². The van der Waals surface area contributed by atoms with Crippen LogP contribution in [0, 0.1) is 11.3 Å². The molecule has 0 aliphatic carbocycles. The number of esters is 1. The molecule has 0 rings (SSSR count). The summed E-state index contributed by atoms with van der Waals surface area (Å²) < 4.78 is 4.64. The average molecular weight is 252 g/mol. The van der Waals surface area contributed by atoms with Gasteiger partial charge in [-0.25, -0.2) is 0 Å². The van der Waals surface area contributed by atoms with Crippen LogP contribution in [0.1, 0.15) is 32.6 Å². The van der Waals surface area contributed by atoms with E-state index < -0.39 is 5.97 Å². The number of carbonyl (C=O) groups is 2. The van der Waals surface area contributed by atoms with Crippen LogP contribution < -0.4 is 0 Å². The predicted molar refractivity (Wildman–Crippen MR) is 67.5 cm³/mol. The van der Waals surface area contributed by atoms with Gasteiger partial charge in [-0.1, -0.05) is 19.4 Å². The van der Waals surface area contributed by atoms with Crippen LogP contribution in [0.25, 0.3) is 0 Å². The van der Waals surface area contributed by atoms with Crippen molar-refractivity contribution in [2.75, 3.05) is 19.7 Å². The summed E-state index contributed by atoms with van der Waals surface area (Å²) in [5.41, 5.74) is 0. The second-order valence-electron chi connectivity index (χ2n) is 3.81. The van der Waals surface area contributed by atoms with Gasteiger partial charge in [0.05, 0.1) is 0 Å². The van der Waals surface area contributed by atoms with Gasteiger partial charge in [0.2, 0.25) is 5.91 Å². The minimum absolute atomic E-state index is 0.0857. The van der Waals surface area contributed by atoms with E-state index in [0.717, 1.165) is 12.8 Å². The third-order valence-corrected chi connectivity index (χ3v) is 2.31. The van der Waals surface area contributed by atoms with E-state index >= 15 is 0 Å². The summed E-state index contributed by atoms with van der Waals surface area (Å²) in [7, 11) is 0. The fraction of sp³-hybridized carbons (Fsp3) is 0.615. The number of hydrogen-bond donors (Lipinski definition) is 0. The van der Waals surface area contributed by atoms with Gasteiger partial charge in [-0.05, 0) is 12.8 Å². The van der Waals surface area contributed by atoms with Crippen molar-refractivity contribution in [2.45, 2.75) is 32.6 Å². The van der Waals surface area contributed by atoms with Crippen molar-refractivity contribution in [2.24, 2.45) is 0 Å². The molecule has 0 aromatic rings. The Balaban J connectivity index is 4.29. The van der Waals surface area contributed by atoms with Gasteiger partial charge in [-0.15, -0.1) is 6.58 Å². The zero-order valence-electron chi connectivity index (χ0n) is 10.9. The summed E-state index contributed by atoms with van der Waals surface area (Å²) in [6.07, 6.45) is 4.39. The molecule has 0 aliphatic rings. The SMILES string of the molecule is C=CCCC(=O)N(CCCC)CC(=O)OCC#N. The van der Waals surface area contributed by atoms with E-state index in [9.17, 15) is 9.59 Å². The van der Waals surface area contributed by atoms with Crippen LogP contribution in [0.5, 0.6) is 0 Å². The lowest BCUT2D eigenvalue weighted by molar-refractivity contribution is -0.148. The van der Waals surface area contributed by atoms with E-state index in [4.69, 9.17) is 5.26 Å². The Bertz CT molecular complexity index is 321. The summed E-state index contributed by atoms with van der Waals surface area (Å²) in [6, 6.07) is 1.72. The Morgan fingerprint density at radius 2 is 2.22 bits per heavy atom. The van der Waals surface area contributed by atoms with Gasteiger partial charge in [0.25, 0.3) is 0 Å². The fourth-order valence-electron chi connectivity index (χ4n) is 1.34. The van der Waals surface area contributed by atoms with Gasteiger partial charge in [0, 0.05) is 13.0 Å². The molecular formula is C13H20N2O3. The van der Waals surface area contributed by atoms with E-state index in [1.54, 1.807) is 12.1 Å². The quantitative estimate of drug-likeness (QED) is 0.462. The standard InChI is InChI=1S/C13H20N2O3/c1-3-5-7-12(16)15(9-6-4-2)11-13(17)18-10-8-14/h3H,1,4-7,9-11H2,2H3. The van der Waals surface area contributed by atoms with Crippen LogP contribution in [0.2, 0.25) is 0 Å². The van der Waals surface area contributed by atoms with Gasteiger partial charge in [-0.3, -0.25) is 9.59 Å². The van der Waals surface area contributed by atoms with Crippen molar-refractivity contribution < 1.29 is 14.3 Å². The third kappa shape index (κ3) is 7.44. The number of allylic oxidation sites excluding steroid dienone is 1. The first-order valence-corrected chi connectivity index (χ1v) is 6.06. The van der Waals surface area contributed by atoms with Gasteiger partial charge < -0.3 is 9.64 Å². The van der Waals surface area contributed by atoms with Gasteiger partial charge in [0.15, 0.2) is 6.61 Å². The number of unbranched alkanes of at least 4 members (excludes halogenated alkanes) is 1. The predicted octanol–water partition coefficient (Wildman–Crippen LogP) is 1.65. The summed E-state index contributed by atoms with van der Waals surface area (Å²) in [4.78, 5) is 24.7. The zero-order chi connectivity index (χ0) is 13.8. The number of carbonyl (C=O) groups excluding carboxylic acids is 2. The summed E-state index contributed by atoms with van der Waals surface area (Å²) >= 11 is 0. The molecule has 0 aliphatic heterocycles. The molecular weight excluding hydrogens is 232 g/mol. The molecule has 0 heterocycles. The topological polar surface area (TPSA) is 70.4 Å². The van der Waals surface area contributed by atoms with E-state index in [1.807, 2.05) is 6.92 Å². The first-order chi connectivity index (χ1) is 8.65. The van der Waals surface area contributed by atoms with Crippen LogP contribution in [-0.4, -0.2) is 36.5 Å². The monoisotopic (exact) mass is 252 g/mol. The summed E-state index contributed by atoms with van der Waals surface area (Å²) in [5.74, 6) is -0.628. The molecule has 5 nitrogen and oxygen atoms in total. The average Bonchev–Trinajstić information content (AvgIpc) is 2.38. The summed E-state index contributed by atoms with van der Waals surface area (Å²) in [5, 5.41) is 8.30. The van der Waals surface area contributed by atoms with Crippen molar-refractivity contribution in [3.63, 3.8) is 0 Å². The normalized spacial score (nSPS) is 9.33. The Morgan fingerprint density at radius 1 is 1.50 bits per heavy atom. The van der Waals surface area contributed by atoms with Crippen LogP contribution in [0.15, 0.2) is 12.7 Å². The second-order valence-corrected chi connectivity index (χ2v) is 3.81. The molecule has 0 spiro atoms. The molecule has 0 unspecified atom stereocenters. The molecule has 100 valence electrons. The molecule has 0 aromatic carbocycles. The lowest BCUT2D eigenvalue weighted by Gasteiger charge is -2.21. The molecule has 18 heavy (non-hydrogen) atoms.